The van der Waals surface area contributed by atoms with E-state index in [9.17, 15) is 0 Å². The van der Waals surface area contributed by atoms with Crippen LogP contribution in [0.25, 0.3) is 0 Å². The Kier molecular flexibility index (Phi) is 4.30. The van der Waals surface area contributed by atoms with E-state index in [0.29, 0.717) is 11.3 Å². The Hall–Kier alpha value is -0.470. The van der Waals surface area contributed by atoms with Crippen LogP contribution in [0.4, 0.5) is 0 Å². The molecule has 1 heterocycles. The van der Waals surface area contributed by atoms with Crippen LogP contribution in [0, 0.1) is 6.92 Å². The first-order valence-electron chi connectivity index (χ1n) is 6.19. The van der Waals surface area contributed by atoms with Gasteiger partial charge in [-0.05, 0) is 43.1 Å². The molecule has 2 N–H and O–H groups in total. The molecule has 0 bridgehead atoms. The van der Waals surface area contributed by atoms with Crippen LogP contribution in [0.15, 0.2) is 24.3 Å². The highest BCUT2D eigenvalue weighted by atomic mass is 32.2. The fraction of sp³-hybridized carbons (Fsp3) is 0.571. The van der Waals surface area contributed by atoms with E-state index in [4.69, 9.17) is 5.73 Å². The van der Waals surface area contributed by atoms with Gasteiger partial charge in [-0.2, -0.15) is 11.8 Å². The van der Waals surface area contributed by atoms with Gasteiger partial charge >= 0.3 is 0 Å². The molecule has 0 aromatic heterocycles. The van der Waals surface area contributed by atoms with Gasteiger partial charge in [-0.25, -0.2) is 0 Å². The molecule has 2 heteroatoms. The lowest BCUT2D eigenvalue weighted by atomic mass is 9.97. The molecule has 1 saturated heterocycles. The van der Waals surface area contributed by atoms with Gasteiger partial charge in [-0.1, -0.05) is 30.7 Å². The van der Waals surface area contributed by atoms with Gasteiger partial charge in [-0.3, -0.25) is 0 Å². The minimum atomic E-state index is 0.325. The van der Waals surface area contributed by atoms with Crippen molar-refractivity contribution in [2.24, 2.45) is 5.73 Å². The summed E-state index contributed by atoms with van der Waals surface area (Å²) in [5.41, 5.74) is 9.12. The molecule has 88 valence electrons. The van der Waals surface area contributed by atoms with Crippen LogP contribution in [-0.2, 0) is 6.42 Å². The van der Waals surface area contributed by atoms with Gasteiger partial charge in [0, 0.05) is 11.3 Å². The third kappa shape index (κ3) is 3.02. The summed E-state index contributed by atoms with van der Waals surface area (Å²) in [4.78, 5) is 0. The number of benzene rings is 1. The molecule has 2 unspecified atom stereocenters. The maximum atomic E-state index is 6.33. The monoisotopic (exact) mass is 235 g/mol. The largest absolute Gasteiger partial charge is 0.326 e. The lowest BCUT2D eigenvalue weighted by molar-refractivity contribution is 0.559. The molecule has 1 aliphatic heterocycles. The van der Waals surface area contributed by atoms with Crippen molar-refractivity contribution in [3.63, 3.8) is 0 Å². The lowest BCUT2D eigenvalue weighted by Crippen LogP contribution is -2.36. The molecule has 0 saturated carbocycles. The van der Waals surface area contributed by atoms with Gasteiger partial charge in [0.1, 0.15) is 0 Å². The number of hydrogen-bond donors (Lipinski definition) is 1. The Bertz CT molecular complexity index is 331. The minimum absolute atomic E-state index is 0.325. The highest BCUT2D eigenvalue weighted by Crippen LogP contribution is 2.28. The van der Waals surface area contributed by atoms with Gasteiger partial charge in [0.2, 0.25) is 0 Å². The molecule has 0 amide bonds. The van der Waals surface area contributed by atoms with Gasteiger partial charge in [0.05, 0.1) is 0 Å². The van der Waals surface area contributed by atoms with E-state index >= 15 is 0 Å². The predicted molar refractivity (Wildman–Crippen MR) is 73.0 cm³/mol. The number of rotatable bonds is 3. The maximum absolute atomic E-state index is 6.33. The summed E-state index contributed by atoms with van der Waals surface area (Å²) >= 11 is 2.07. The molecule has 16 heavy (non-hydrogen) atoms. The number of thioether (sulfide) groups is 1. The van der Waals surface area contributed by atoms with E-state index in [1.165, 1.54) is 36.1 Å². The molecule has 1 fully saturated rings. The standard InChI is InChI=1S/C14H21NS/c1-11-6-2-3-7-12(11)10-13(15)14-8-4-5-9-16-14/h2-3,6-7,13-14H,4-5,8-10,15H2,1H3. The summed E-state index contributed by atoms with van der Waals surface area (Å²) in [6.07, 6.45) is 5.07. The Morgan fingerprint density at radius 2 is 2.19 bits per heavy atom. The zero-order valence-corrected chi connectivity index (χ0v) is 10.8. The fourth-order valence-corrected chi connectivity index (χ4v) is 3.68. The Balaban J connectivity index is 1.96. The maximum Gasteiger partial charge on any atom is 0.0202 e. The molecule has 2 atom stereocenters. The van der Waals surface area contributed by atoms with Crippen LogP contribution in [-0.4, -0.2) is 17.0 Å². The summed E-state index contributed by atoms with van der Waals surface area (Å²) in [6, 6.07) is 8.92. The van der Waals surface area contributed by atoms with Crippen LogP contribution in [0.2, 0.25) is 0 Å². The Morgan fingerprint density at radius 1 is 1.38 bits per heavy atom. The van der Waals surface area contributed by atoms with E-state index < -0.39 is 0 Å². The second kappa shape index (κ2) is 5.74. The summed E-state index contributed by atoms with van der Waals surface area (Å²) in [5.74, 6) is 1.30. The van der Waals surface area contributed by atoms with Crippen molar-refractivity contribution >= 4 is 11.8 Å². The molecular weight excluding hydrogens is 214 g/mol. The van der Waals surface area contributed by atoms with Crippen molar-refractivity contribution in [2.45, 2.75) is 43.9 Å². The topological polar surface area (TPSA) is 26.0 Å². The van der Waals surface area contributed by atoms with Crippen molar-refractivity contribution in [3.8, 4) is 0 Å². The van der Waals surface area contributed by atoms with Crippen molar-refractivity contribution in [2.75, 3.05) is 5.75 Å². The molecule has 2 rings (SSSR count). The van der Waals surface area contributed by atoms with E-state index in [2.05, 4.69) is 43.0 Å². The quantitative estimate of drug-likeness (QED) is 0.871. The highest BCUT2D eigenvalue weighted by Gasteiger charge is 2.21. The summed E-state index contributed by atoms with van der Waals surface area (Å²) in [6.45, 7) is 2.18. The Morgan fingerprint density at radius 3 is 2.88 bits per heavy atom. The van der Waals surface area contributed by atoms with Crippen LogP contribution >= 0.6 is 11.8 Å². The molecular formula is C14H21NS. The van der Waals surface area contributed by atoms with Gasteiger partial charge < -0.3 is 5.73 Å². The average molecular weight is 235 g/mol. The van der Waals surface area contributed by atoms with Gasteiger partial charge in [-0.15, -0.1) is 0 Å². The zero-order chi connectivity index (χ0) is 11.4. The normalized spacial score (nSPS) is 23.0. The summed E-state index contributed by atoms with van der Waals surface area (Å²) in [7, 11) is 0. The van der Waals surface area contributed by atoms with Crippen LogP contribution in [0.1, 0.15) is 30.4 Å². The number of hydrogen-bond acceptors (Lipinski definition) is 2. The van der Waals surface area contributed by atoms with Crippen molar-refractivity contribution in [3.05, 3.63) is 35.4 Å². The van der Waals surface area contributed by atoms with Gasteiger partial charge in [0.25, 0.3) is 0 Å². The van der Waals surface area contributed by atoms with Crippen molar-refractivity contribution < 1.29 is 0 Å². The molecule has 1 aromatic rings. The van der Waals surface area contributed by atoms with E-state index in [1.807, 2.05) is 0 Å². The Labute approximate surface area is 103 Å². The number of aryl methyl sites for hydroxylation is 1. The first-order valence-corrected chi connectivity index (χ1v) is 7.24. The molecule has 0 aliphatic carbocycles. The third-order valence-electron chi connectivity index (χ3n) is 3.41. The first-order chi connectivity index (χ1) is 7.77. The fourth-order valence-electron chi connectivity index (χ4n) is 2.33. The van der Waals surface area contributed by atoms with Crippen LogP contribution in [0.5, 0.6) is 0 Å². The first kappa shape index (κ1) is 12.0. The van der Waals surface area contributed by atoms with Crippen molar-refractivity contribution in [1.29, 1.82) is 0 Å². The zero-order valence-electron chi connectivity index (χ0n) is 9.99. The molecule has 1 aromatic carbocycles. The van der Waals surface area contributed by atoms with Crippen LogP contribution in [0.3, 0.4) is 0 Å². The van der Waals surface area contributed by atoms with E-state index in [-0.39, 0.29) is 0 Å². The smallest absolute Gasteiger partial charge is 0.0202 e. The van der Waals surface area contributed by atoms with Gasteiger partial charge in [0.15, 0.2) is 0 Å². The van der Waals surface area contributed by atoms with E-state index in [0.717, 1.165) is 6.42 Å². The van der Waals surface area contributed by atoms with Crippen LogP contribution < -0.4 is 5.73 Å². The lowest BCUT2D eigenvalue weighted by Gasteiger charge is -2.27. The molecule has 0 radical (unpaired) electrons. The van der Waals surface area contributed by atoms with E-state index in [1.54, 1.807) is 0 Å². The summed E-state index contributed by atoms with van der Waals surface area (Å²) < 4.78 is 0. The second-order valence-corrected chi connectivity index (χ2v) is 6.05. The average Bonchev–Trinajstić information content (AvgIpc) is 2.33. The molecule has 0 spiro atoms. The number of nitrogens with two attached hydrogens (primary N) is 1. The van der Waals surface area contributed by atoms with Crippen molar-refractivity contribution in [1.82, 2.24) is 0 Å². The SMILES string of the molecule is Cc1ccccc1CC(N)C1CCCCS1. The predicted octanol–water partition coefficient (Wildman–Crippen LogP) is 3.15. The highest BCUT2D eigenvalue weighted by molar-refractivity contribution is 8.00. The molecule has 1 aliphatic rings. The third-order valence-corrected chi connectivity index (χ3v) is 4.95. The minimum Gasteiger partial charge on any atom is -0.326 e. The second-order valence-electron chi connectivity index (χ2n) is 4.70. The molecule has 1 nitrogen and oxygen atoms in total. The summed E-state index contributed by atoms with van der Waals surface area (Å²) in [5, 5.41) is 0.674.